The van der Waals surface area contributed by atoms with Gasteiger partial charge in [-0.1, -0.05) is 107 Å². The van der Waals surface area contributed by atoms with Gasteiger partial charge in [-0.05, 0) is 51.1 Å². The molecule has 0 saturated heterocycles. The van der Waals surface area contributed by atoms with Crippen molar-refractivity contribution in [3.8, 4) is 0 Å². The van der Waals surface area contributed by atoms with E-state index in [1.54, 1.807) is 0 Å². The second-order valence-electron chi connectivity index (χ2n) is 10.5. The van der Waals surface area contributed by atoms with Gasteiger partial charge in [0.2, 0.25) is 0 Å². The Labute approximate surface area is 368 Å². The second kappa shape index (κ2) is 77.6. The summed E-state index contributed by atoms with van der Waals surface area (Å²) in [6, 6.07) is 0. The molecule has 0 aromatic rings. The molecule has 0 spiro atoms. The Bertz CT molecular complexity index is 336. The molecule has 0 amide bonds. The molecule has 0 saturated carbocycles. The molecule has 12 heteroatoms. The summed E-state index contributed by atoms with van der Waals surface area (Å²) in [5, 5.41) is 6.97. The molecule has 0 rings (SSSR count). The minimum absolute atomic E-state index is 0. The van der Waals surface area contributed by atoms with E-state index in [1.165, 1.54) is 145 Å². The van der Waals surface area contributed by atoms with E-state index in [4.69, 9.17) is 9.58 Å². The average Bonchev–Trinajstić information content (AvgIpc) is 2.97. The van der Waals surface area contributed by atoms with Crippen molar-refractivity contribution in [1.82, 2.24) is 10.6 Å². The zero-order chi connectivity index (χ0) is 31.5. The molecule has 2 unspecified atom stereocenters. The van der Waals surface area contributed by atoms with E-state index >= 15 is 0 Å². The molecule has 0 aliphatic heterocycles. The molecule has 0 aromatic heterocycles. The van der Waals surface area contributed by atoms with Crippen LogP contribution in [0.4, 0.5) is 0 Å². The van der Waals surface area contributed by atoms with Gasteiger partial charge in [0.1, 0.15) is 0 Å². The van der Waals surface area contributed by atoms with Crippen LogP contribution in [0.5, 0.6) is 0 Å². The minimum atomic E-state index is -0.0211. The van der Waals surface area contributed by atoms with Crippen molar-refractivity contribution in [2.75, 3.05) is 75.5 Å². The van der Waals surface area contributed by atoms with Gasteiger partial charge < -0.3 is 21.6 Å². The summed E-state index contributed by atoms with van der Waals surface area (Å²) in [6.07, 6.45) is 28.1. The van der Waals surface area contributed by atoms with Gasteiger partial charge in [0.05, 0.1) is 37.0 Å². The summed E-state index contributed by atoms with van der Waals surface area (Å²) in [7, 11) is 10.0. The summed E-state index contributed by atoms with van der Waals surface area (Å²) >= 11 is 1.19. The van der Waals surface area contributed by atoms with Crippen molar-refractivity contribution in [3.05, 3.63) is 0 Å². The van der Waals surface area contributed by atoms with Crippen molar-refractivity contribution >= 4 is 43.9 Å². The average molecular weight is 1160 g/mol. The maximum Gasteiger partial charge on any atom is 0 e. The van der Waals surface area contributed by atoms with Gasteiger partial charge in [-0.25, -0.2) is 0 Å². The Morgan fingerprint density at radius 1 is 0.432 bits per heavy atom. The summed E-state index contributed by atoms with van der Waals surface area (Å²) < 4.78 is 0. The SMILES string of the molecule is CCCCCC.CCCCCC.CCC[PH+](CCC)CCNCC[PH+](CCC)CCC.O.O.PCCNCCP.[Cl][IrH2].[Pr].[Pr]. The monoisotopic (exact) mass is 1160 g/mol. The normalized spacial score (nSPS) is 9.16. The fourth-order valence-electron chi connectivity index (χ4n) is 4.15. The van der Waals surface area contributed by atoms with E-state index in [-0.39, 0.29) is 109 Å². The van der Waals surface area contributed by atoms with Crippen LogP contribution in [-0.4, -0.2) is 86.4 Å². The van der Waals surface area contributed by atoms with E-state index in [0.717, 1.165) is 25.4 Å². The third-order valence-electron chi connectivity index (χ3n) is 6.28. The Kier molecular flexibility index (Phi) is 125. The molecule has 0 aliphatic carbocycles. The summed E-state index contributed by atoms with van der Waals surface area (Å²) in [6.45, 7) is 23.1. The van der Waals surface area contributed by atoms with E-state index < -0.39 is 0 Å². The molecule has 0 bridgehead atoms. The predicted octanol–water partition coefficient (Wildman–Crippen LogP) is 8.65. The summed E-state index contributed by atoms with van der Waals surface area (Å²) in [5.74, 6) is 0. The Morgan fingerprint density at radius 3 is 0.841 bits per heavy atom. The molecule has 44 heavy (non-hydrogen) atoms. The molecule has 4 nitrogen and oxygen atoms in total. The molecule has 0 heterocycles. The topological polar surface area (TPSA) is 87.1 Å². The number of nitrogens with one attached hydrogen (secondary N) is 2. The van der Waals surface area contributed by atoms with Gasteiger partial charge in [0, 0.05) is 112 Å². The van der Waals surface area contributed by atoms with Gasteiger partial charge in [0.15, 0.2) is 0 Å². The van der Waals surface area contributed by atoms with Crippen LogP contribution < -0.4 is 10.6 Å². The molecule has 0 aromatic carbocycles. The molecule has 6 N–H and O–H groups in total. The Morgan fingerprint density at radius 2 is 0.659 bits per heavy atom. The fraction of sp³-hybridized carbons (Fsp3) is 1.00. The van der Waals surface area contributed by atoms with Gasteiger partial charge in [0.25, 0.3) is 0 Å². The van der Waals surface area contributed by atoms with Crippen LogP contribution >= 0.6 is 43.9 Å². The van der Waals surface area contributed by atoms with Crippen LogP contribution in [-0.2, 0) is 17.9 Å². The maximum absolute atomic E-state index is 4.69. The summed E-state index contributed by atoms with van der Waals surface area (Å²) in [5.41, 5.74) is 0. The molecule has 0 fully saturated rings. The van der Waals surface area contributed by atoms with Crippen molar-refractivity contribution in [2.45, 2.75) is 132 Å². The standard InChI is InChI=1S/C16H37NP2.2C6H14.C4H13NP2.ClH.Ir.2H2O.2Pr.2H/c1-5-11-18(12-6-2)15-9-17-10-16-19(13-7-3)14-8-4;2*1-3-5-6-4-2;6-3-1-5-2-4-7;;;;;;;;/h17H,5-16H2,1-4H3;2*3-6H2,1-2H3;5H,1-4,6-7H2;1H;;2*1H2;;;;/q;;;;;+1;;;;;;/p+1. The molecular formula is C32H86ClIrN2O2P4Pr2+2. The zero-order valence-corrected chi connectivity index (χ0v) is 46.2. The number of hydrogen-bond donors (Lipinski definition) is 2. The van der Waals surface area contributed by atoms with Crippen LogP contribution in [0.25, 0.3) is 0 Å². The van der Waals surface area contributed by atoms with Gasteiger partial charge in [-0.3, -0.25) is 0 Å². The van der Waals surface area contributed by atoms with Crippen molar-refractivity contribution in [2.24, 2.45) is 0 Å². The van der Waals surface area contributed by atoms with Crippen molar-refractivity contribution in [1.29, 1.82) is 0 Å². The largest absolute Gasteiger partial charge is 0 e. The van der Waals surface area contributed by atoms with E-state index in [1.807, 2.05) is 0 Å². The number of unbranched alkanes of at least 4 members (excludes halogenated alkanes) is 6. The molecule has 0 aliphatic rings. The van der Waals surface area contributed by atoms with Crippen molar-refractivity contribution < 1.29 is 111 Å². The Balaban J connectivity index is -0.0000000585. The maximum atomic E-state index is 4.69. The van der Waals surface area contributed by atoms with Gasteiger partial charge >= 0.3 is 27.5 Å². The van der Waals surface area contributed by atoms with Crippen LogP contribution in [0.1, 0.15) is 132 Å². The second-order valence-corrected chi connectivity index (χ2v) is 17.6. The van der Waals surface area contributed by atoms with E-state index in [2.05, 4.69) is 84.5 Å². The number of halogens is 1. The fourth-order valence-corrected chi connectivity index (χ4v) is 9.95. The van der Waals surface area contributed by atoms with Crippen LogP contribution in [0, 0.1) is 82.6 Å². The first-order valence-electron chi connectivity index (χ1n) is 17.2. The zero-order valence-electron chi connectivity index (χ0n) is 31.0. The van der Waals surface area contributed by atoms with Crippen LogP contribution in [0.3, 0.4) is 0 Å². The van der Waals surface area contributed by atoms with Gasteiger partial charge in [-0.15, -0.1) is 18.5 Å². The first-order valence-corrected chi connectivity index (χ1v) is 26.4. The third kappa shape index (κ3) is 81.3. The third-order valence-corrected chi connectivity index (χ3v) is 13.6. The number of rotatable bonds is 24. The Hall–Kier alpha value is 5.23. The van der Waals surface area contributed by atoms with Crippen LogP contribution in [0.2, 0.25) is 0 Å². The molecule has 2 radical (unpaired) electrons. The van der Waals surface area contributed by atoms with E-state index in [9.17, 15) is 0 Å². The summed E-state index contributed by atoms with van der Waals surface area (Å²) in [4.78, 5) is 0. The van der Waals surface area contributed by atoms with Crippen LogP contribution in [0.15, 0.2) is 0 Å². The van der Waals surface area contributed by atoms with E-state index in [0.29, 0.717) is 0 Å². The quantitative estimate of drug-likeness (QED) is 0.0750. The molecule has 276 valence electrons. The first kappa shape index (κ1) is 70.8. The minimum Gasteiger partial charge on any atom is 0 e. The smallest absolute Gasteiger partial charge is 0 e. The predicted molar refractivity (Wildman–Crippen MR) is 217 cm³/mol. The number of hydrogen-bond acceptors (Lipinski definition) is 2. The van der Waals surface area contributed by atoms with Gasteiger partial charge in [-0.2, -0.15) is 0 Å². The molecule has 2 atom stereocenters. The molecular weight excluding hydrogens is 1080 g/mol. The first-order chi connectivity index (χ1) is 19.5. The van der Waals surface area contributed by atoms with Crippen molar-refractivity contribution in [3.63, 3.8) is 0 Å².